The van der Waals surface area contributed by atoms with Crippen molar-refractivity contribution >= 4 is 24.5 Å². The minimum absolute atomic E-state index is 0.242. The summed E-state index contributed by atoms with van der Waals surface area (Å²) in [5, 5.41) is 2.50. The van der Waals surface area contributed by atoms with Crippen LogP contribution in [0.25, 0.3) is 0 Å². The van der Waals surface area contributed by atoms with Crippen molar-refractivity contribution in [3.8, 4) is 0 Å². The molecule has 5 nitrogen and oxygen atoms in total. The van der Waals surface area contributed by atoms with Gasteiger partial charge in [-0.1, -0.05) is 0 Å². The molecule has 0 aromatic rings. The summed E-state index contributed by atoms with van der Waals surface area (Å²) in [4.78, 5) is 22.5. The van der Waals surface area contributed by atoms with Crippen LogP contribution in [0.5, 0.6) is 0 Å². The van der Waals surface area contributed by atoms with Crippen LogP contribution < -0.4 is 5.32 Å². The van der Waals surface area contributed by atoms with Gasteiger partial charge in [-0.3, -0.25) is 4.79 Å². The summed E-state index contributed by atoms with van der Waals surface area (Å²) in [6, 6.07) is -0.657. The number of ether oxygens (including phenoxy) is 2. The molecule has 1 aliphatic heterocycles. The van der Waals surface area contributed by atoms with Crippen molar-refractivity contribution in [2.24, 2.45) is 5.92 Å². The molecule has 0 spiro atoms. The smallest absolute Gasteiger partial charge is 0.329 e. The Hall–Kier alpha value is -0.750. The maximum atomic E-state index is 11.6. The number of hydrogen-bond acceptors (Lipinski definition) is 5. The van der Waals surface area contributed by atoms with Crippen molar-refractivity contribution in [3.05, 3.63) is 0 Å². The fourth-order valence-corrected chi connectivity index (χ4v) is 1.88. The lowest BCUT2D eigenvalue weighted by Gasteiger charge is -2.22. The van der Waals surface area contributed by atoms with Crippen molar-refractivity contribution in [2.45, 2.75) is 25.8 Å². The van der Waals surface area contributed by atoms with E-state index in [9.17, 15) is 9.59 Å². The van der Waals surface area contributed by atoms with E-state index in [0.717, 1.165) is 26.1 Å². The Morgan fingerprint density at radius 3 is 2.65 bits per heavy atom. The molecule has 0 bridgehead atoms. The van der Waals surface area contributed by atoms with Crippen molar-refractivity contribution in [1.29, 1.82) is 0 Å². The molecular formula is C11H19NO4S. The van der Waals surface area contributed by atoms with E-state index in [2.05, 4.69) is 17.9 Å². The summed E-state index contributed by atoms with van der Waals surface area (Å²) < 4.78 is 10.4. The van der Waals surface area contributed by atoms with Gasteiger partial charge in [0.05, 0.1) is 6.61 Å². The molecule has 1 saturated heterocycles. The van der Waals surface area contributed by atoms with E-state index in [0.29, 0.717) is 12.5 Å². The van der Waals surface area contributed by atoms with Gasteiger partial charge in [0.1, 0.15) is 6.04 Å². The van der Waals surface area contributed by atoms with E-state index in [1.54, 1.807) is 0 Å². The molecule has 0 aromatic carbocycles. The number of rotatable bonds is 5. The van der Waals surface area contributed by atoms with Crippen LogP contribution in [0.1, 0.15) is 19.8 Å². The molecular weight excluding hydrogens is 242 g/mol. The van der Waals surface area contributed by atoms with E-state index >= 15 is 0 Å². The maximum absolute atomic E-state index is 11.6. The summed E-state index contributed by atoms with van der Waals surface area (Å²) in [7, 11) is 0. The highest BCUT2D eigenvalue weighted by Gasteiger charge is 2.21. The molecule has 1 heterocycles. The molecule has 1 unspecified atom stereocenters. The topological polar surface area (TPSA) is 64.6 Å². The summed E-state index contributed by atoms with van der Waals surface area (Å²) >= 11 is 4.01. The van der Waals surface area contributed by atoms with Gasteiger partial charge in [0.25, 0.3) is 0 Å². The molecule has 1 aliphatic rings. The zero-order valence-electron chi connectivity index (χ0n) is 9.98. The summed E-state index contributed by atoms with van der Waals surface area (Å²) in [5.41, 5.74) is 0. The molecule has 1 N–H and O–H groups in total. The quantitative estimate of drug-likeness (QED) is 0.555. The van der Waals surface area contributed by atoms with Crippen molar-refractivity contribution < 1.29 is 19.1 Å². The van der Waals surface area contributed by atoms with Crippen LogP contribution in [-0.4, -0.2) is 43.5 Å². The van der Waals surface area contributed by atoms with Crippen LogP contribution >= 0.6 is 12.6 Å². The molecule has 1 rings (SSSR count). The number of esters is 1. The summed E-state index contributed by atoms with van der Waals surface area (Å²) in [6.07, 6.45) is 1.83. The lowest BCUT2D eigenvalue weighted by Crippen LogP contribution is -2.42. The first-order chi connectivity index (χ1) is 8.13. The molecule has 98 valence electrons. The predicted molar refractivity (Wildman–Crippen MR) is 66.0 cm³/mol. The van der Waals surface area contributed by atoms with Gasteiger partial charge in [-0.05, 0) is 18.8 Å². The van der Waals surface area contributed by atoms with E-state index in [4.69, 9.17) is 9.47 Å². The second kappa shape index (κ2) is 7.55. The SMILES string of the molecule is CC(=O)NC(CS)C(=O)OCC1CCOCC1. The maximum Gasteiger partial charge on any atom is 0.329 e. The Labute approximate surface area is 107 Å². The lowest BCUT2D eigenvalue weighted by molar-refractivity contribution is -0.149. The molecule has 6 heteroatoms. The van der Waals surface area contributed by atoms with E-state index in [1.165, 1.54) is 6.92 Å². The molecule has 0 saturated carbocycles. The molecule has 0 aliphatic carbocycles. The average Bonchev–Trinajstić information content (AvgIpc) is 2.34. The van der Waals surface area contributed by atoms with Crippen LogP contribution in [0.15, 0.2) is 0 Å². The fraction of sp³-hybridized carbons (Fsp3) is 0.818. The zero-order valence-corrected chi connectivity index (χ0v) is 10.9. The van der Waals surface area contributed by atoms with Gasteiger partial charge >= 0.3 is 5.97 Å². The van der Waals surface area contributed by atoms with Crippen LogP contribution in [0, 0.1) is 5.92 Å². The van der Waals surface area contributed by atoms with Crippen LogP contribution in [0.2, 0.25) is 0 Å². The Morgan fingerprint density at radius 2 is 2.12 bits per heavy atom. The van der Waals surface area contributed by atoms with Gasteiger partial charge in [-0.25, -0.2) is 4.79 Å². The minimum atomic E-state index is -0.657. The van der Waals surface area contributed by atoms with Gasteiger partial charge in [-0.15, -0.1) is 0 Å². The molecule has 1 atom stereocenters. The third kappa shape index (κ3) is 5.41. The molecule has 1 amide bonds. The number of amides is 1. The largest absolute Gasteiger partial charge is 0.464 e. The lowest BCUT2D eigenvalue weighted by atomic mass is 10.0. The highest BCUT2D eigenvalue weighted by Crippen LogP contribution is 2.15. The number of nitrogens with one attached hydrogen (secondary N) is 1. The number of carbonyl (C=O) groups is 2. The normalized spacial score (nSPS) is 18.5. The average molecular weight is 261 g/mol. The first-order valence-electron chi connectivity index (χ1n) is 5.75. The molecule has 17 heavy (non-hydrogen) atoms. The van der Waals surface area contributed by atoms with Gasteiger partial charge in [0.15, 0.2) is 0 Å². The summed E-state index contributed by atoms with van der Waals surface area (Å²) in [5.74, 6) is -0.0639. The first kappa shape index (κ1) is 14.3. The Morgan fingerprint density at radius 1 is 1.47 bits per heavy atom. The second-order valence-corrected chi connectivity index (χ2v) is 4.49. The standard InChI is InChI=1S/C11H19NO4S/c1-8(13)12-10(7-17)11(14)16-6-9-2-4-15-5-3-9/h9-10,17H,2-7H2,1H3,(H,12,13). The van der Waals surface area contributed by atoms with Crippen molar-refractivity contribution in [3.63, 3.8) is 0 Å². The van der Waals surface area contributed by atoms with Crippen LogP contribution in [0.4, 0.5) is 0 Å². The zero-order chi connectivity index (χ0) is 12.7. The predicted octanol–water partition coefficient (Wildman–Crippen LogP) is 0.391. The van der Waals surface area contributed by atoms with Crippen molar-refractivity contribution in [1.82, 2.24) is 5.32 Å². The monoisotopic (exact) mass is 261 g/mol. The minimum Gasteiger partial charge on any atom is -0.464 e. The molecule has 1 fully saturated rings. The number of thiol groups is 1. The van der Waals surface area contributed by atoms with Gasteiger partial charge in [0.2, 0.25) is 5.91 Å². The Balaban J connectivity index is 2.28. The van der Waals surface area contributed by atoms with Gasteiger partial charge in [0, 0.05) is 25.9 Å². The third-order valence-corrected chi connectivity index (χ3v) is 3.01. The van der Waals surface area contributed by atoms with Crippen LogP contribution in [0.3, 0.4) is 0 Å². The molecule has 0 aromatic heterocycles. The summed E-state index contributed by atoms with van der Waals surface area (Å²) in [6.45, 7) is 3.21. The Bertz CT molecular complexity index is 266. The highest BCUT2D eigenvalue weighted by molar-refractivity contribution is 7.80. The van der Waals surface area contributed by atoms with E-state index in [1.807, 2.05) is 0 Å². The highest BCUT2D eigenvalue weighted by atomic mass is 32.1. The van der Waals surface area contributed by atoms with Crippen molar-refractivity contribution in [2.75, 3.05) is 25.6 Å². The Kier molecular flexibility index (Phi) is 6.36. The van der Waals surface area contributed by atoms with E-state index in [-0.39, 0.29) is 11.7 Å². The van der Waals surface area contributed by atoms with Crippen LogP contribution in [-0.2, 0) is 19.1 Å². The third-order valence-electron chi connectivity index (χ3n) is 2.65. The second-order valence-electron chi connectivity index (χ2n) is 4.12. The fourth-order valence-electron chi connectivity index (χ4n) is 1.64. The van der Waals surface area contributed by atoms with Gasteiger partial charge < -0.3 is 14.8 Å². The number of carbonyl (C=O) groups excluding carboxylic acids is 2. The van der Waals surface area contributed by atoms with Gasteiger partial charge in [-0.2, -0.15) is 12.6 Å². The molecule has 0 radical (unpaired) electrons. The number of hydrogen-bond donors (Lipinski definition) is 2. The van der Waals surface area contributed by atoms with E-state index < -0.39 is 12.0 Å². The first-order valence-corrected chi connectivity index (χ1v) is 6.39.